The first-order valence-corrected chi connectivity index (χ1v) is 4.98. The van der Waals surface area contributed by atoms with E-state index in [9.17, 15) is 20.1 Å². The highest BCUT2D eigenvalue weighted by atomic mass is 35.5. The highest BCUT2D eigenvalue weighted by molar-refractivity contribution is 6.35. The fourth-order valence-corrected chi connectivity index (χ4v) is 1.49. The van der Waals surface area contributed by atoms with Crippen LogP contribution in [0.5, 0.6) is 17.2 Å². The summed E-state index contributed by atoms with van der Waals surface area (Å²) in [6, 6.07) is -0.878. The van der Waals surface area contributed by atoms with Crippen LogP contribution in [0.2, 0.25) is 5.02 Å². The predicted octanol–water partition coefficient (Wildman–Crippen LogP) is 0.780. The van der Waals surface area contributed by atoms with Gasteiger partial charge in [0.2, 0.25) is 5.75 Å². The van der Waals surface area contributed by atoms with Crippen LogP contribution in [0.25, 0.3) is 0 Å². The van der Waals surface area contributed by atoms with E-state index in [0.29, 0.717) is 0 Å². The molecule has 1 rings (SSSR count). The van der Waals surface area contributed by atoms with Crippen LogP contribution >= 0.6 is 11.6 Å². The zero-order chi connectivity index (χ0) is 14.0. The Balaban J connectivity index is 3.18. The number of phenolic OH excluding ortho intramolecular Hbond substituents is 3. The number of halogens is 1. The summed E-state index contributed by atoms with van der Waals surface area (Å²) in [5, 5.41) is 38.8. The van der Waals surface area contributed by atoms with Gasteiger partial charge in [0, 0.05) is 5.56 Å². The summed E-state index contributed by atoms with van der Waals surface area (Å²) >= 11 is 5.71. The van der Waals surface area contributed by atoms with E-state index in [-0.39, 0.29) is 16.3 Å². The lowest BCUT2D eigenvalue weighted by Crippen LogP contribution is -2.38. The van der Waals surface area contributed by atoms with Crippen molar-refractivity contribution in [2.24, 2.45) is 5.73 Å². The minimum absolute atomic E-state index is 0.0500. The topological polar surface area (TPSA) is 152 Å². The van der Waals surface area contributed by atoms with Gasteiger partial charge in [-0.1, -0.05) is 11.6 Å². The lowest BCUT2D eigenvalue weighted by atomic mass is 10.1. The fraction of sp³-hybridized carbons (Fsp3) is 0.111. The maximum absolute atomic E-state index is 11.3. The number of hydrogen-bond donors (Lipinski definition) is 7. The first-order chi connectivity index (χ1) is 8.25. The molecular formula is C9H11ClN4O4. The molecule has 0 aromatic heterocycles. The molecule has 0 bridgehead atoms. The minimum Gasteiger partial charge on any atom is -0.504 e. The monoisotopic (exact) mass is 274 g/mol. The van der Waals surface area contributed by atoms with E-state index in [1.54, 1.807) is 0 Å². The molecule has 0 saturated heterocycles. The number of anilines is 1. The van der Waals surface area contributed by atoms with Crippen LogP contribution in [-0.4, -0.2) is 27.3 Å². The van der Waals surface area contributed by atoms with Crippen LogP contribution in [0, 0.1) is 12.3 Å². The van der Waals surface area contributed by atoms with Crippen molar-refractivity contribution in [3.63, 3.8) is 0 Å². The quantitative estimate of drug-likeness (QED) is 0.175. The Kier molecular flexibility index (Phi) is 3.72. The molecule has 0 aliphatic heterocycles. The van der Waals surface area contributed by atoms with Gasteiger partial charge in [0.1, 0.15) is 5.02 Å². The van der Waals surface area contributed by atoms with E-state index in [1.807, 2.05) is 5.32 Å². The molecule has 9 heteroatoms. The van der Waals surface area contributed by atoms with Crippen LogP contribution in [0.1, 0.15) is 5.56 Å². The average Bonchev–Trinajstić information content (AvgIpc) is 2.29. The van der Waals surface area contributed by atoms with Gasteiger partial charge >= 0.3 is 6.03 Å². The number of benzene rings is 1. The Morgan fingerprint density at radius 2 is 1.83 bits per heavy atom. The van der Waals surface area contributed by atoms with Crippen molar-refractivity contribution >= 4 is 29.3 Å². The molecule has 1 aromatic rings. The smallest absolute Gasteiger partial charge is 0.326 e. The molecule has 0 radical (unpaired) electrons. The number of hydrogen-bond acceptors (Lipinski definition) is 5. The maximum Gasteiger partial charge on any atom is 0.326 e. The van der Waals surface area contributed by atoms with Crippen molar-refractivity contribution in [1.29, 1.82) is 5.41 Å². The second-order valence-corrected chi connectivity index (χ2v) is 3.73. The van der Waals surface area contributed by atoms with Crippen molar-refractivity contribution in [1.82, 2.24) is 5.32 Å². The minimum atomic E-state index is -0.878. The van der Waals surface area contributed by atoms with Gasteiger partial charge in [0.15, 0.2) is 17.5 Å². The number of nitrogens with one attached hydrogen (secondary N) is 3. The molecule has 0 atom stereocenters. The molecule has 0 unspecified atom stereocenters. The third kappa shape index (κ3) is 2.48. The fourth-order valence-electron chi connectivity index (χ4n) is 1.21. The number of rotatable bonds is 1. The number of guanidine groups is 1. The van der Waals surface area contributed by atoms with E-state index in [0.717, 1.165) is 0 Å². The van der Waals surface area contributed by atoms with E-state index < -0.39 is 29.2 Å². The summed E-state index contributed by atoms with van der Waals surface area (Å²) in [5.41, 5.74) is 4.89. The molecule has 8 N–H and O–H groups in total. The second kappa shape index (κ2) is 4.88. The van der Waals surface area contributed by atoms with Gasteiger partial charge in [-0.15, -0.1) is 0 Å². The first kappa shape index (κ1) is 13.7. The average molecular weight is 275 g/mol. The molecule has 1 aromatic carbocycles. The van der Waals surface area contributed by atoms with Crippen LogP contribution in [0.3, 0.4) is 0 Å². The van der Waals surface area contributed by atoms with E-state index in [4.69, 9.17) is 22.7 Å². The molecule has 0 aliphatic rings. The van der Waals surface area contributed by atoms with Crippen molar-refractivity contribution in [3.8, 4) is 17.2 Å². The predicted molar refractivity (Wildman–Crippen MR) is 65.3 cm³/mol. The molecule has 0 aliphatic carbocycles. The largest absolute Gasteiger partial charge is 0.504 e. The number of amides is 2. The first-order valence-electron chi connectivity index (χ1n) is 4.60. The number of carbonyl (C=O) groups excluding carboxylic acids is 1. The Morgan fingerprint density at radius 3 is 2.33 bits per heavy atom. The third-order valence-electron chi connectivity index (χ3n) is 2.09. The standard InChI is InChI=1S/C9H11ClN4O4/c1-2-4(13-9(18)14-8(11)12)3(10)6(16)7(17)5(2)15/h15-17H,1H3,(H5,11,12,13,14,18). The number of carbonyl (C=O) groups is 1. The number of urea groups is 1. The summed E-state index contributed by atoms with van der Waals surface area (Å²) in [6.45, 7) is 1.36. The highest BCUT2D eigenvalue weighted by Crippen LogP contribution is 2.47. The lowest BCUT2D eigenvalue weighted by molar-refractivity contribution is 0.256. The third-order valence-corrected chi connectivity index (χ3v) is 2.46. The molecule has 98 valence electrons. The van der Waals surface area contributed by atoms with E-state index in [1.165, 1.54) is 6.92 Å². The van der Waals surface area contributed by atoms with Crippen LogP contribution < -0.4 is 16.4 Å². The van der Waals surface area contributed by atoms with E-state index >= 15 is 0 Å². The molecule has 18 heavy (non-hydrogen) atoms. The second-order valence-electron chi connectivity index (χ2n) is 3.35. The molecule has 2 amide bonds. The Hall–Kier alpha value is -2.35. The van der Waals surface area contributed by atoms with Crippen LogP contribution in [0.4, 0.5) is 10.5 Å². The zero-order valence-corrected chi connectivity index (χ0v) is 9.96. The van der Waals surface area contributed by atoms with Crippen LogP contribution in [-0.2, 0) is 0 Å². The van der Waals surface area contributed by atoms with E-state index in [2.05, 4.69) is 5.32 Å². The normalized spacial score (nSPS) is 9.89. The maximum atomic E-state index is 11.3. The van der Waals surface area contributed by atoms with Gasteiger partial charge in [-0.05, 0) is 6.92 Å². The molecule has 0 fully saturated rings. The number of nitrogens with two attached hydrogens (primary N) is 1. The molecule has 0 heterocycles. The molecular weight excluding hydrogens is 264 g/mol. The molecule has 0 saturated carbocycles. The van der Waals surface area contributed by atoms with Crippen molar-refractivity contribution in [3.05, 3.63) is 10.6 Å². The van der Waals surface area contributed by atoms with Gasteiger partial charge in [0.25, 0.3) is 0 Å². The van der Waals surface area contributed by atoms with Crippen LogP contribution in [0.15, 0.2) is 0 Å². The lowest BCUT2D eigenvalue weighted by Gasteiger charge is -2.14. The summed E-state index contributed by atoms with van der Waals surface area (Å²) in [6.07, 6.45) is 0. The summed E-state index contributed by atoms with van der Waals surface area (Å²) in [5.74, 6) is -2.75. The molecule has 8 nitrogen and oxygen atoms in total. The summed E-state index contributed by atoms with van der Waals surface area (Å²) in [7, 11) is 0. The van der Waals surface area contributed by atoms with Crippen molar-refractivity contribution in [2.45, 2.75) is 6.92 Å². The van der Waals surface area contributed by atoms with Gasteiger partial charge in [0.05, 0.1) is 5.69 Å². The van der Waals surface area contributed by atoms with Gasteiger partial charge in [-0.2, -0.15) is 0 Å². The number of aromatic hydroxyl groups is 3. The summed E-state index contributed by atoms with van der Waals surface area (Å²) in [4.78, 5) is 11.3. The molecule has 0 spiro atoms. The van der Waals surface area contributed by atoms with Gasteiger partial charge in [-0.3, -0.25) is 10.7 Å². The van der Waals surface area contributed by atoms with Gasteiger partial charge < -0.3 is 26.4 Å². The number of phenols is 3. The Bertz CT molecular complexity index is 503. The van der Waals surface area contributed by atoms with Gasteiger partial charge in [-0.25, -0.2) is 4.79 Å². The van der Waals surface area contributed by atoms with Crippen molar-refractivity contribution < 1.29 is 20.1 Å². The Morgan fingerprint density at radius 1 is 1.28 bits per heavy atom. The SMILES string of the molecule is Cc1c(O)c(O)c(O)c(Cl)c1NC(=O)NC(=N)N. The zero-order valence-electron chi connectivity index (χ0n) is 9.21. The van der Waals surface area contributed by atoms with Crippen molar-refractivity contribution in [2.75, 3.05) is 5.32 Å². The highest BCUT2D eigenvalue weighted by Gasteiger charge is 2.21. The summed E-state index contributed by atoms with van der Waals surface area (Å²) < 4.78 is 0. The Labute approximate surface area is 106 Å².